The maximum Gasteiger partial charge on any atom is 0.104 e. The van der Waals surface area contributed by atoms with Crippen LogP contribution in [0.1, 0.15) is 64.2 Å². The first-order chi connectivity index (χ1) is 18.0. The molecule has 0 aromatic heterocycles. The summed E-state index contributed by atoms with van der Waals surface area (Å²) >= 11 is 0. The molecule has 0 rings (SSSR count). The number of rotatable bonds is 25. The maximum atomic E-state index is 9.21. The fourth-order valence-corrected chi connectivity index (χ4v) is 2.82. The standard InChI is InChI=1S/C9H20O6.2C8H18O3/c10-1-4-13-7-9(15-6-3-12)8-14-5-2-11;9-6-2-1-4-8(11)5-3-7-10;9-6-4-2-1-3-5-8(11)7-10/h9-12H,1-8H2;2*8-11H,1-7H2. The van der Waals surface area contributed by atoms with Gasteiger partial charge in [-0.25, -0.2) is 0 Å². The molecule has 228 valence electrons. The Morgan fingerprint density at radius 2 is 0.865 bits per heavy atom. The van der Waals surface area contributed by atoms with E-state index in [0.29, 0.717) is 32.5 Å². The third kappa shape index (κ3) is 40.2. The number of hydrogen-bond acceptors (Lipinski definition) is 12. The Hall–Kier alpha value is -0.480. The normalized spacial score (nSPS) is 12.5. The van der Waals surface area contributed by atoms with Crippen molar-refractivity contribution in [2.75, 3.05) is 79.3 Å². The molecule has 12 nitrogen and oxygen atoms in total. The lowest BCUT2D eigenvalue weighted by Gasteiger charge is -2.17. The van der Waals surface area contributed by atoms with Gasteiger partial charge in [-0.3, -0.25) is 0 Å². The van der Waals surface area contributed by atoms with E-state index in [9.17, 15) is 5.11 Å². The zero-order valence-corrected chi connectivity index (χ0v) is 22.5. The SMILES string of the molecule is OCCCCC(O)CCCO.OCCCCCCC(O)CO.OCCOCC(COCCO)OCCO. The lowest BCUT2D eigenvalue weighted by atomic mass is 10.1. The van der Waals surface area contributed by atoms with E-state index >= 15 is 0 Å². The van der Waals surface area contributed by atoms with E-state index in [1.54, 1.807) is 0 Å². The number of hydrogen-bond donors (Lipinski definition) is 9. The quantitative estimate of drug-likeness (QED) is 0.0626. The lowest BCUT2D eigenvalue weighted by Crippen LogP contribution is -2.28. The van der Waals surface area contributed by atoms with Crippen molar-refractivity contribution in [3.63, 3.8) is 0 Å². The summed E-state index contributed by atoms with van der Waals surface area (Å²) in [5, 5.41) is 77.4. The molecule has 2 unspecified atom stereocenters. The summed E-state index contributed by atoms with van der Waals surface area (Å²) in [6, 6.07) is 0. The van der Waals surface area contributed by atoms with Gasteiger partial charge in [-0.15, -0.1) is 0 Å². The van der Waals surface area contributed by atoms with Crippen LogP contribution < -0.4 is 0 Å². The fraction of sp³-hybridized carbons (Fsp3) is 1.00. The third-order valence-electron chi connectivity index (χ3n) is 4.82. The highest BCUT2D eigenvalue weighted by atomic mass is 16.6. The summed E-state index contributed by atoms with van der Waals surface area (Å²) in [6.07, 6.45) is 7.04. The van der Waals surface area contributed by atoms with Gasteiger partial charge in [0, 0.05) is 19.8 Å². The Labute approximate surface area is 222 Å². The van der Waals surface area contributed by atoms with E-state index in [0.717, 1.165) is 44.9 Å². The molecule has 0 amide bonds. The van der Waals surface area contributed by atoms with E-state index in [1.807, 2.05) is 0 Å². The highest BCUT2D eigenvalue weighted by Gasteiger charge is 2.09. The van der Waals surface area contributed by atoms with E-state index in [-0.39, 0.29) is 78.3 Å². The van der Waals surface area contributed by atoms with Crippen molar-refractivity contribution in [2.45, 2.75) is 82.5 Å². The first-order valence-electron chi connectivity index (χ1n) is 13.4. The van der Waals surface area contributed by atoms with Crippen LogP contribution in [0.3, 0.4) is 0 Å². The van der Waals surface area contributed by atoms with E-state index in [4.69, 9.17) is 55.1 Å². The molecule has 0 spiro atoms. The molecular formula is C25H56O12. The van der Waals surface area contributed by atoms with Crippen LogP contribution >= 0.6 is 0 Å². The minimum Gasteiger partial charge on any atom is -0.396 e. The predicted octanol–water partition coefficient (Wildman–Crippen LogP) is -1.05. The molecule has 0 aliphatic carbocycles. The van der Waals surface area contributed by atoms with Gasteiger partial charge in [-0.2, -0.15) is 0 Å². The molecular weight excluding hydrogens is 492 g/mol. The van der Waals surface area contributed by atoms with Crippen molar-refractivity contribution in [1.82, 2.24) is 0 Å². The van der Waals surface area contributed by atoms with Gasteiger partial charge in [0.05, 0.1) is 71.7 Å². The molecule has 0 saturated heterocycles. The second-order valence-electron chi connectivity index (χ2n) is 8.32. The highest BCUT2D eigenvalue weighted by Crippen LogP contribution is 2.06. The van der Waals surface area contributed by atoms with Crippen molar-refractivity contribution in [1.29, 1.82) is 0 Å². The average molecular weight is 549 g/mol. The van der Waals surface area contributed by atoms with Gasteiger partial charge in [-0.05, 0) is 44.9 Å². The van der Waals surface area contributed by atoms with E-state index < -0.39 is 6.10 Å². The molecule has 0 aromatic rings. The van der Waals surface area contributed by atoms with Crippen LogP contribution in [0, 0.1) is 0 Å². The molecule has 0 fully saturated rings. The predicted molar refractivity (Wildman–Crippen MR) is 139 cm³/mol. The van der Waals surface area contributed by atoms with Gasteiger partial charge >= 0.3 is 0 Å². The van der Waals surface area contributed by atoms with Crippen LogP contribution in [-0.2, 0) is 14.2 Å². The second kappa shape index (κ2) is 37.7. The van der Waals surface area contributed by atoms with Crippen molar-refractivity contribution < 1.29 is 60.2 Å². The van der Waals surface area contributed by atoms with Crippen molar-refractivity contribution >= 4 is 0 Å². The Morgan fingerprint density at radius 1 is 0.432 bits per heavy atom. The van der Waals surface area contributed by atoms with Crippen molar-refractivity contribution in [3.8, 4) is 0 Å². The molecule has 0 heterocycles. The summed E-state index contributed by atoms with van der Waals surface area (Å²) in [5.41, 5.74) is 0. The first-order valence-corrected chi connectivity index (χ1v) is 13.4. The molecule has 0 bridgehead atoms. The zero-order valence-electron chi connectivity index (χ0n) is 22.5. The summed E-state index contributed by atoms with van der Waals surface area (Å²) in [6.45, 7) is 1.64. The smallest absolute Gasteiger partial charge is 0.104 e. The topological polar surface area (TPSA) is 210 Å². The molecule has 0 aliphatic rings. The van der Waals surface area contributed by atoms with E-state index in [1.165, 1.54) is 0 Å². The number of aliphatic hydroxyl groups is 9. The van der Waals surface area contributed by atoms with Crippen LogP contribution in [0.4, 0.5) is 0 Å². The maximum absolute atomic E-state index is 9.21. The van der Waals surface area contributed by atoms with Crippen LogP contribution in [0.2, 0.25) is 0 Å². The molecule has 0 aromatic carbocycles. The monoisotopic (exact) mass is 548 g/mol. The Bertz CT molecular complexity index is 370. The Kier molecular flexibility index (Phi) is 41.8. The van der Waals surface area contributed by atoms with Crippen LogP contribution in [0.25, 0.3) is 0 Å². The molecule has 2 atom stereocenters. The third-order valence-corrected chi connectivity index (χ3v) is 4.82. The van der Waals surface area contributed by atoms with Crippen LogP contribution in [0.5, 0.6) is 0 Å². The van der Waals surface area contributed by atoms with Gasteiger partial charge < -0.3 is 60.2 Å². The van der Waals surface area contributed by atoms with Gasteiger partial charge in [-0.1, -0.05) is 19.3 Å². The molecule has 0 aliphatic heterocycles. The van der Waals surface area contributed by atoms with Crippen LogP contribution in [-0.4, -0.2) is 144 Å². The number of unbranched alkanes of at least 4 members (excludes halogenated alkanes) is 4. The lowest BCUT2D eigenvalue weighted by molar-refractivity contribution is -0.0733. The van der Waals surface area contributed by atoms with Crippen LogP contribution in [0.15, 0.2) is 0 Å². The summed E-state index contributed by atoms with van der Waals surface area (Å²) in [7, 11) is 0. The van der Waals surface area contributed by atoms with Crippen molar-refractivity contribution in [2.24, 2.45) is 0 Å². The largest absolute Gasteiger partial charge is 0.396 e. The second-order valence-corrected chi connectivity index (χ2v) is 8.32. The highest BCUT2D eigenvalue weighted by molar-refractivity contribution is 4.56. The fourth-order valence-electron chi connectivity index (χ4n) is 2.82. The Balaban J connectivity index is -0.000000478. The minimum absolute atomic E-state index is 0.0375. The zero-order chi connectivity index (χ0) is 28.4. The molecule has 12 heteroatoms. The number of ether oxygens (including phenoxy) is 3. The van der Waals surface area contributed by atoms with Gasteiger partial charge in [0.1, 0.15) is 6.10 Å². The molecule has 0 saturated carbocycles. The van der Waals surface area contributed by atoms with Gasteiger partial charge in [0.25, 0.3) is 0 Å². The summed E-state index contributed by atoms with van der Waals surface area (Å²) in [4.78, 5) is 0. The minimum atomic E-state index is -0.552. The number of aliphatic hydroxyl groups excluding tert-OH is 9. The van der Waals surface area contributed by atoms with Gasteiger partial charge in [0.15, 0.2) is 0 Å². The molecule has 37 heavy (non-hydrogen) atoms. The average Bonchev–Trinajstić information content (AvgIpc) is 2.91. The van der Waals surface area contributed by atoms with E-state index in [2.05, 4.69) is 0 Å². The molecule has 9 N–H and O–H groups in total. The first kappa shape index (κ1) is 41.0. The molecule has 0 radical (unpaired) electrons. The summed E-state index contributed by atoms with van der Waals surface area (Å²) in [5.74, 6) is 0. The summed E-state index contributed by atoms with van der Waals surface area (Å²) < 4.78 is 15.4. The Morgan fingerprint density at radius 3 is 1.35 bits per heavy atom. The van der Waals surface area contributed by atoms with Gasteiger partial charge in [0.2, 0.25) is 0 Å². The van der Waals surface area contributed by atoms with Crippen molar-refractivity contribution in [3.05, 3.63) is 0 Å².